The lowest BCUT2D eigenvalue weighted by Crippen LogP contribution is -2.33. The molecular weight excluding hydrogens is 749 g/mol. The molecule has 23 nitrogen and oxygen atoms in total. The molecule has 4 aliphatic rings. The molecular formula is C35H46N20O3. The molecule has 304 valence electrons. The highest BCUT2D eigenvalue weighted by atomic mass is 16.6. The summed E-state index contributed by atoms with van der Waals surface area (Å²) < 4.78 is 11.6. The van der Waals surface area contributed by atoms with Crippen molar-refractivity contribution in [2.75, 3.05) is 34.4 Å². The number of aromatic amines is 1. The number of tetrazole rings is 1. The first kappa shape index (κ1) is 37.3. The molecule has 7 N–H and O–H groups in total. The lowest BCUT2D eigenvalue weighted by atomic mass is 9.91. The van der Waals surface area contributed by atoms with Crippen LogP contribution in [-0.2, 0) is 38.2 Å². The lowest BCUT2D eigenvalue weighted by molar-refractivity contribution is -0.0384. The van der Waals surface area contributed by atoms with E-state index < -0.39 is 24.5 Å². The van der Waals surface area contributed by atoms with Crippen LogP contribution in [0.25, 0.3) is 22.7 Å². The van der Waals surface area contributed by atoms with Crippen LogP contribution in [0, 0.1) is 0 Å². The van der Waals surface area contributed by atoms with Gasteiger partial charge in [0.05, 0.1) is 36.9 Å². The van der Waals surface area contributed by atoms with Crippen LogP contribution in [0.15, 0.2) is 37.7 Å². The molecule has 58 heavy (non-hydrogen) atoms. The third-order valence-corrected chi connectivity index (χ3v) is 10.5. The number of nitrogens with one attached hydrogen (secondary N) is 5. The number of hydrogen-bond donors (Lipinski definition) is 7. The van der Waals surface area contributed by atoms with Crippen molar-refractivity contribution in [3.05, 3.63) is 54.9 Å². The summed E-state index contributed by atoms with van der Waals surface area (Å²) in [5.74, 6) is 3.06. The van der Waals surface area contributed by atoms with E-state index in [0.717, 1.165) is 49.3 Å². The van der Waals surface area contributed by atoms with Crippen molar-refractivity contribution in [1.29, 1.82) is 0 Å². The number of aromatic nitrogens is 16. The average molecular weight is 795 g/mol. The fourth-order valence-electron chi connectivity index (χ4n) is 7.49. The summed E-state index contributed by atoms with van der Waals surface area (Å²) in [6, 6.07) is 0.277. The Morgan fingerprint density at radius 3 is 2.24 bits per heavy atom. The molecule has 5 aromatic rings. The van der Waals surface area contributed by atoms with Gasteiger partial charge >= 0.3 is 0 Å². The smallest absolute Gasteiger partial charge is 0.226 e. The Morgan fingerprint density at radius 1 is 0.828 bits per heavy atom. The third-order valence-electron chi connectivity index (χ3n) is 10.5. The van der Waals surface area contributed by atoms with E-state index in [0.29, 0.717) is 66.5 Å². The van der Waals surface area contributed by atoms with Gasteiger partial charge in [0.15, 0.2) is 35.1 Å². The number of aryl methyl sites for hydroxylation is 3. The molecule has 0 amide bonds. The van der Waals surface area contributed by atoms with Gasteiger partial charge in [-0.25, -0.2) is 24.9 Å². The second-order valence-electron chi connectivity index (χ2n) is 14.7. The molecule has 1 saturated heterocycles. The molecule has 23 heteroatoms. The molecule has 0 bridgehead atoms. The quantitative estimate of drug-likeness (QED) is 0.0764. The first-order chi connectivity index (χ1) is 28.3. The fraction of sp³-hybridized carbons (Fsp3) is 0.514. The number of fused-ring (bicyclic) bond motifs is 2. The van der Waals surface area contributed by atoms with Crippen molar-refractivity contribution < 1.29 is 14.9 Å². The molecule has 1 saturated carbocycles. The van der Waals surface area contributed by atoms with Crippen molar-refractivity contribution in [3.63, 3.8) is 0 Å². The number of aliphatic hydroxyl groups is 2. The Bertz CT molecular complexity index is 2430. The number of anilines is 4. The van der Waals surface area contributed by atoms with Gasteiger partial charge in [0, 0.05) is 64.5 Å². The van der Waals surface area contributed by atoms with Crippen molar-refractivity contribution in [2.24, 2.45) is 14.1 Å². The maximum absolute atomic E-state index is 11.2. The SMILES string of the molecule is CCn1nnc([C@H]2O[C@@H](n3cnc4c(N[C@H]5CC[C@H](Nc6[nH]c(NCCc7cn(C)cn7)nc7ncnc6-7)CC5)nc(NCCc5cn(C)cn5)nc43)[C@H](O)[C@@H]2O)n1. The van der Waals surface area contributed by atoms with Gasteiger partial charge in [-0.3, -0.25) is 4.57 Å². The van der Waals surface area contributed by atoms with Gasteiger partial charge in [-0.15, -0.1) is 10.2 Å². The van der Waals surface area contributed by atoms with E-state index in [1.165, 1.54) is 11.1 Å². The molecule has 0 radical (unpaired) electrons. The van der Waals surface area contributed by atoms with Crippen LogP contribution in [-0.4, -0.2) is 126 Å². The van der Waals surface area contributed by atoms with Crippen molar-refractivity contribution in [1.82, 2.24) is 78.8 Å². The molecule has 2 fully saturated rings. The third kappa shape index (κ3) is 7.69. The van der Waals surface area contributed by atoms with Gasteiger partial charge in [0.1, 0.15) is 30.0 Å². The summed E-state index contributed by atoms with van der Waals surface area (Å²) in [6.45, 7) is 3.56. The minimum atomic E-state index is -1.32. The number of rotatable bonds is 15. The molecule has 1 aliphatic carbocycles. The van der Waals surface area contributed by atoms with Crippen LogP contribution in [0.5, 0.6) is 0 Å². The van der Waals surface area contributed by atoms with Gasteiger partial charge in [-0.1, -0.05) is 0 Å². The van der Waals surface area contributed by atoms with E-state index in [9.17, 15) is 10.2 Å². The number of hydrogen-bond acceptors (Lipinski definition) is 18. The topological polar surface area (TPSA) is 275 Å². The first-order valence-electron chi connectivity index (χ1n) is 19.5. The second-order valence-corrected chi connectivity index (χ2v) is 14.7. The average Bonchev–Trinajstić information content (AvgIpc) is 4.09. The van der Waals surface area contributed by atoms with Gasteiger partial charge < -0.3 is 50.3 Å². The summed E-state index contributed by atoms with van der Waals surface area (Å²) in [6.07, 6.45) is 10.8. The summed E-state index contributed by atoms with van der Waals surface area (Å²) >= 11 is 0. The molecule has 3 aliphatic heterocycles. The molecule has 5 aromatic heterocycles. The summed E-state index contributed by atoms with van der Waals surface area (Å²) in [7, 11) is 3.89. The summed E-state index contributed by atoms with van der Waals surface area (Å²) in [5, 5.41) is 48.6. The molecule has 8 heterocycles. The van der Waals surface area contributed by atoms with Crippen LogP contribution in [0.1, 0.15) is 62.2 Å². The largest absolute Gasteiger partial charge is 0.387 e. The van der Waals surface area contributed by atoms with Gasteiger partial charge in [-0.05, 0) is 37.8 Å². The van der Waals surface area contributed by atoms with E-state index >= 15 is 0 Å². The molecule has 0 unspecified atom stereocenters. The zero-order valence-electron chi connectivity index (χ0n) is 32.3. The Balaban J connectivity index is 0.899. The molecule has 9 rings (SSSR count). The zero-order valence-corrected chi connectivity index (χ0v) is 32.3. The maximum Gasteiger partial charge on any atom is 0.226 e. The second kappa shape index (κ2) is 15.9. The van der Waals surface area contributed by atoms with Crippen LogP contribution in [0.2, 0.25) is 0 Å². The van der Waals surface area contributed by atoms with Crippen LogP contribution in [0.3, 0.4) is 0 Å². The Kier molecular flexibility index (Phi) is 10.2. The normalized spacial score (nSPS) is 22.2. The van der Waals surface area contributed by atoms with E-state index in [-0.39, 0.29) is 17.9 Å². The number of nitrogens with zero attached hydrogens (tertiary/aromatic N) is 15. The predicted octanol–water partition coefficient (Wildman–Crippen LogP) is 1.05. The monoisotopic (exact) mass is 794 g/mol. The summed E-state index contributed by atoms with van der Waals surface area (Å²) in [4.78, 5) is 41.4. The Labute approximate surface area is 331 Å². The van der Waals surface area contributed by atoms with Gasteiger partial charge in [0.25, 0.3) is 0 Å². The van der Waals surface area contributed by atoms with Crippen molar-refractivity contribution >= 4 is 34.7 Å². The standard InChI is InChI=1S/C35H46N20O3/c1-4-55-50-31(49-51-55)27-25(56)26(57)33(58-27)54-18-42-24-30(47-35(48-32(24)54)37-12-10-22-14-53(3)17-41-22)44-20-7-5-19(6-8-20)43-29-23-28(39-15-38-23)45-34(46-29)36-11-9-21-13-52(2)16-40-21/h13-20,25-27,33,56-57H,4-12H2,1-3H3,(H2,37,44,47,48)(H3,36,38,39,43,45,46)/t19-,20-,25-,26+,27-,33+/m0/s1. The van der Waals surface area contributed by atoms with Crippen molar-refractivity contribution in [2.45, 2.75) is 88.6 Å². The number of ether oxygens (including phenoxy) is 1. The van der Waals surface area contributed by atoms with E-state index in [1.807, 2.05) is 42.5 Å². The Hall–Kier alpha value is -6.33. The minimum Gasteiger partial charge on any atom is -0.387 e. The van der Waals surface area contributed by atoms with Crippen LogP contribution >= 0.6 is 0 Å². The molecule has 0 spiro atoms. The number of aliphatic hydroxyl groups excluding tert-OH is 2. The minimum absolute atomic E-state index is 0.0958. The number of imidazole rings is 4. The molecule has 0 aromatic carbocycles. The van der Waals surface area contributed by atoms with Crippen LogP contribution < -0.4 is 21.3 Å². The highest BCUT2D eigenvalue weighted by Gasteiger charge is 2.47. The lowest BCUT2D eigenvalue weighted by Gasteiger charge is -2.31. The first-order valence-corrected chi connectivity index (χ1v) is 19.5. The maximum atomic E-state index is 11.2. The summed E-state index contributed by atoms with van der Waals surface area (Å²) in [5.41, 5.74) is 3.55. The van der Waals surface area contributed by atoms with Gasteiger partial charge in [-0.2, -0.15) is 19.7 Å². The van der Waals surface area contributed by atoms with Crippen molar-refractivity contribution in [3.8, 4) is 11.5 Å². The van der Waals surface area contributed by atoms with E-state index in [4.69, 9.17) is 14.7 Å². The highest BCUT2D eigenvalue weighted by Crippen LogP contribution is 2.39. The van der Waals surface area contributed by atoms with E-state index in [1.54, 1.807) is 23.5 Å². The predicted molar refractivity (Wildman–Crippen MR) is 209 cm³/mol. The zero-order chi connectivity index (χ0) is 39.8. The fourth-order valence-corrected chi connectivity index (χ4v) is 7.49. The number of H-pyrrole nitrogens is 1. The van der Waals surface area contributed by atoms with E-state index in [2.05, 4.69) is 71.6 Å². The highest BCUT2D eigenvalue weighted by molar-refractivity contribution is 5.84. The van der Waals surface area contributed by atoms with Gasteiger partial charge in [0.2, 0.25) is 17.7 Å². The molecule has 4 atom stereocenters. The van der Waals surface area contributed by atoms with Crippen LogP contribution in [0.4, 0.5) is 23.5 Å². The Morgan fingerprint density at radius 2 is 1.55 bits per heavy atom.